The van der Waals surface area contributed by atoms with Crippen molar-refractivity contribution in [2.45, 2.75) is 353 Å². The minimum Gasteiger partial charge on any atom is -0.387 e. The van der Waals surface area contributed by atoms with E-state index in [1.165, 1.54) is 289 Å². The zero-order valence-electron chi connectivity index (χ0n) is 49.9. The molecule has 436 valence electrons. The number of aliphatic hydroxyl groups excluding tert-OH is 1. The highest BCUT2D eigenvalue weighted by molar-refractivity contribution is 7.47. The Morgan fingerprint density at radius 1 is 0.452 bits per heavy atom. The highest BCUT2D eigenvalue weighted by atomic mass is 31.2. The third-order valence-electron chi connectivity index (χ3n) is 15.3. The average Bonchev–Trinajstić information content (AvgIpc) is 3.35. The quantitative estimate of drug-likeness (QED) is 0.0243. The number of amides is 1. The smallest absolute Gasteiger partial charge is 0.387 e. The topological polar surface area (TPSA) is 105 Å². The molecule has 0 aromatic rings. The second kappa shape index (κ2) is 56.0. The Morgan fingerprint density at radius 3 is 1.01 bits per heavy atom. The van der Waals surface area contributed by atoms with Gasteiger partial charge in [0.1, 0.15) is 13.2 Å². The van der Waals surface area contributed by atoms with Crippen molar-refractivity contribution in [1.82, 2.24) is 5.32 Å². The number of likely N-dealkylation sites (N-methyl/N-ethyl adjacent to an activating group) is 1. The molecule has 1 amide bonds. The molecule has 3 atom stereocenters. The lowest BCUT2D eigenvalue weighted by Gasteiger charge is -2.25. The van der Waals surface area contributed by atoms with E-state index in [0.717, 1.165) is 32.1 Å². The molecule has 0 bridgehead atoms. The molecule has 0 radical (unpaired) electrons. The van der Waals surface area contributed by atoms with Gasteiger partial charge in [0.2, 0.25) is 5.91 Å². The Bertz CT molecular complexity index is 1200. The molecule has 0 saturated carbocycles. The molecule has 0 aromatic heterocycles. The first-order valence-corrected chi connectivity index (χ1v) is 34.1. The first-order chi connectivity index (χ1) is 35.5. The molecule has 9 heteroatoms. The normalized spacial score (nSPS) is 13.8. The summed E-state index contributed by atoms with van der Waals surface area (Å²) in [5.41, 5.74) is 0. The summed E-state index contributed by atoms with van der Waals surface area (Å²) in [6, 6.07) is -0.843. The second-order valence-electron chi connectivity index (χ2n) is 23.9. The highest BCUT2D eigenvalue weighted by Crippen LogP contribution is 2.43. The molecule has 0 heterocycles. The first kappa shape index (κ1) is 72.2. The first-order valence-electron chi connectivity index (χ1n) is 32.6. The zero-order chi connectivity index (χ0) is 53.5. The fourth-order valence-electron chi connectivity index (χ4n) is 10.2. The van der Waals surface area contributed by atoms with Gasteiger partial charge in [-0.25, -0.2) is 4.57 Å². The van der Waals surface area contributed by atoms with Crippen LogP contribution in [-0.4, -0.2) is 73.4 Å². The van der Waals surface area contributed by atoms with Gasteiger partial charge in [-0.1, -0.05) is 328 Å². The van der Waals surface area contributed by atoms with Crippen molar-refractivity contribution in [3.63, 3.8) is 0 Å². The van der Waals surface area contributed by atoms with Crippen LogP contribution < -0.4 is 5.32 Å². The van der Waals surface area contributed by atoms with Crippen molar-refractivity contribution in [2.24, 2.45) is 0 Å². The molecule has 0 rings (SSSR count). The molecular formula is C64H130N2O6P+. The number of nitrogens with zero attached hydrogens (tertiary/aromatic N) is 1. The van der Waals surface area contributed by atoms with Gasteiger partial charge in [-0.3, -0.25) is 13.8 Å². The van der Waals surface area contributed by atoms with E-state index in [1.807, 2.05) is 27.2 Å². The summed E-state index contributed by atoms with van der Waals surface area (Å²) in [6.07, 6.45) is 70.5. The number of carbonyl (C=O) groups is 1. The lowest BCUT2D eigenvalue weighted by Crippen LogP contribution is -2.45. The highest BCUT2D eigenvalue weighted by Gasteiger charge is 2.28. The van der Waals surface area contributed by atoms with E-state index in [1.54, 1.807) is 6.08 Å². The minimum absolute atomic E-state index is 0.0654. The fraction of sp³-hybridized carbons (Fsp3) is 0.953. The number of nitrogens with one attached hydrogen (secondary N) is 1. The molecule has 3 N–H and O–H groups in total. The SMILES string of the molecule is CCCCCCCCCCCCCCCCCCCCCCCCCCC/C=C/C(O)C(COP(=O)(O)OCC[N+](C)(C)C)NC(=O)CCCCCCCCCCCCCCCCCCCCCCCCCC. The van der Waals surface area contributed by atoms with Crippen molar-refractivity contribution in [1.29, 1.82) is 0 Å². The standard InChI is InChI=1S/C64H129N2O6P/c1-6-8-10-12-14-16-18-20-22-24-26-28-30-32-33-34-35-37-39-41-43-45-47-49-51-53-55-57-63(67)62(61-72-73(69,70)71-60-59-66(3,4)5)65-64(68)58-56-54-52-50-48-46-44-42-40-38-36-31-29-27-25-23-21-19-17-15-13-11-9-7-2/h55,57,62-63,67H,6-54,56,58-61H2,1-5H3,(H-,65,68,69,70)/p+1/b57-55+. The molecule has 0 aliphatic rings. The van der Waals surface area contributed by atoms with Crippen molar-refractivity contribution in [3.8, 4) is 0 Å². The van der Waals surface area contributed by atoms with Crippen LogP contribution >= 0.6 is 7.82 Å². The number of phosphoric acid groups is 1. The van der Waals surface area contributed by atoms with Crippen LogP contribution in [0, 0.1) is 0 Å². The number of rotatable bonds is 61. The Kier molecular flexibility index (Phi) is 55.4. The number of quaternary nitrogens is 1. The molecule has 0 aliphatic heterocycles. The Labute approximate surface area is 456 Å². The van der Waals surface area contributed by atoms with Gasteiger partial charge in [0.15, 0.2) is 0 Å². The van der Waals surface area contributed by atoms with E-state index >= 15 is 0 Å². The van der Waals surface area contributed by atoms with Crippen LogP contribution in [-0.2, 0) is 18.4 Å². The van der Waals surface area contributed by atoms with Crippen LogP contribution in [0.15, 0.2) is 12.2 Å². The molecule has 0 aliphatic carbocycles. The van der Waals surface area contributed by atoms with E-state index < -0.39 is 20.0 Å². The number of aliphatic hydroxyl groups is 1. The minimum atomic E-state index is -4.35. The van der Waals surface area contributed by atoms with Gasteiger partial charge >= 0.3 is 7.82 Å². The van der Waals surface area contributed by atoms with E-state index in [2.05, 4.69) is 19.2 Å². The molecule has 0 saturated heterocycles. The van der Waals surface area contributed by atoms with Crippen molar-refractivity contribution >= 4 is 13.7 Å². The van der Waals surface area contributed by atoms with Crippen molar-refractivity contribution in [2.75, 3.05) is 40.9 Å². The Balaban J connectivity index is 4.09. The van der Waals surface area contributed by atoms with E-state index in [4.69, 9.17) is 9.05 Å². The van der Waals surface area contributed by atoms with Gasteiger partial charge < -0.3 is 19.8 Å². The Morgan fingerprint density at radius 2 is 0.726 bits per heavy atom. The predicted octanol–water partition coefficient (Wildman–Crippen LogP) is 20.2. The van der Waals surface area contributed by atoms with Gasteiger partial charge in [-0.2, -0.15) is 0 Å². The van der Waals surface area contributed by atoms with E-state index in [0.29, 0.717) is 17.4 Å². The molecular weight excluding hydrogens is 924 g/mol. The number of allylic oxidation sites excluding steroid dienone is 1. The van der Waals surface area contributed by atoms with Crippen LogP contribution in [0.25, 0.3) is 0 Å². The molecule has 8 nitrogen and oxygen atoms in total. The lowest BCUT2D eigenvalue weighted by atomic mass is 10.0. The monoisotopic (exact) mass is 1050 g/mol. The van der Waals surface area contributed by atoms with Gasteiger partial charge in [0.25, 0.3) is 0 Å². The third kappa shape index (κ3) is 58.8. The van der Waals surface area contributed by atoms with Crippen molar-refractivity contribution < 1.29 is 32.9 Å². The van der Waals surface area contributed by atoms with Crippen LogP contribution in [0.4, 0.5) is 0 Å². The third-order valence-corrected chi connectivity index (χ3v) is 16.2. The van der Waals surface area contributed by atoms with Gasteiger partial charge in [-0.05, 0) is 19.3 Å². The van der Waals surface area contributed by atoms with Crippen LogP contribution in [0.5, 0.6) is 0 Å². The number of unbranched alkanes of at least 4 members (excludes halogenated alkanes) is 48. The molecule has 3 unspecified atom stereocenters. The maximum atomic E-state index is 13.0. The summed E-state index contributed by atoms with van der Waals surface area (Å²) in [4.78, 5) is 23.4. The average molecular weight is 1050 g/mol. The number of phosphoric ester groups is 1. The van der Waals surface area contributed by atoms with Crippen LogP contribution in [0.2, 0.25) is 0 Å². The zero-order valence-corrected chi connectivity index (χ0v) is 50.8. The van der Waals surface area contributed by atoms with Crippen LogP contribution in [0.3, 0.4) is 0 Å². The number of hydrogen-bond acceptors (Lipinski definition) is 5. The van der Waals surface area contributed by atoms with E-state index in [9.17, 15) is 19.4 Å². The van der Waals surface area contributed by atoms with E-state index in [-0.39, 0.29) is 19.1 Å². The van der Waals surface area contributed by atoms with Crippen molar-refractivity contribution in [3.05, 3.63) is 12.2 Å². The fourth-order valence-corrected chi connectivity index (χ4v) is 10.9. The summed E-state index contributed by atoms with van der Waals surface area (Å²) in [5, 5.41) is 14.0. The largest absolute Gasteiger partial charge is 0.472 e. The molecule has 0 aromatic carbocycles. The lowest BCUT2D eigenvalue weighted by molar-refractivity contribution is -0.870. The van der Waals surface area contributed by atoms with Gasteiger partial charge in [0.05, 0.1) is 39.9 Å². The second-order valence-corrected chi connectivity index (χ2v) is 25.3. The molecule has 73 heavy (non-hydrogen) atoms. The summed E-state index contributed by atoms with van der Waals surface area (Å²) in [5.74, 6) is -0.168. The number of hydrogen-bond donors (Lipinski definition) is 3. The maximum absolute atomic E-state index is 13.0. The molecule has 0 spiro atoms. The predicted molar refractivity (Wildman–Crippen MR) is 319 cm³/mol. The van der Waals surface area contributed by atoms with Gasteiger partial charge in [-0.15, -0.1) is 0 Å². The summed E-state index contributed by atoms with van der Waals surface area (Å²) in [6.45, 7) is 4.88. The maximum Gasteiger partial charge on any atom is 0.472 e. The van der Waals surface area contributed by atoms with Crippen LogP contribution in [0.1, 0.15) is 341 Å². The molecule has 0 fully saturated rings. The summed E-state index contributed by atoms with van der Waals surface area (Å²) >= 11 is 0. The summed E-state index contributed by atoms with van der Waals surface area (Å²) < 4.78 is 23.8. The summed E-state index contributed by atoms with van der Waals surface area (Å²) in [7, 11) is 1.59. The Hall–Kier alpha value is -0.760. The van der Waals surface area contributed by atoms with Gasteiger partial charge in [0, 0.05) is 6.42 Å². The number of carbonyl (C=O) groups excluding carboxylic acids is 1.